The third kappa shape index (κ3) is 4.32. The summed E-state index contributed by atoms with van der Waals surface area (Å²) in [5, 5.41) is 6.62. The number of unbranched alkanes of at least 4 members (excludes halogenated alkanes) is 1. The Bertz CT molecular complexity index is 507. The van der Waals surface area contributed by atoms with E-state index < -0.39 is 0 Å². The second kappa shape index (κ2) is 8.02. The van der Waals surface area contributed by atoms with Crippen LogP contribution in [-0.4, -0.2) is 18.1 Å². The Balaban J connectivity index is 1.93. The van der Waals surface area contributed by atoms with Gasteiger partial charge in [0, 0.05) is 17.5 Å². The van der Waals surface area contributed by atoms with Crippen LogP contribution in [-0.2, 0) is 6.54 Å². The molecule has 0 spiro atoms. The van der Waals surface area contributed by atoms with Gasteiger partial charge in [-0.25, -0.2) is 4.98 Å². The van der Waals surface area contributed by atoms with E-state index in [-0.39, 0.29) is 0 Å². The molecule has 0 saturated carbocycles. The van der Waals surface area contributed by atoms with Gasteiger partial charge in [0.2, 0.25) is 0 Å². The van der Waals surface area contributed by atoms with Crippen LogP contribution in [0.25, 0.3) is 10.6 Å². The third-order valence-electron chi connectivity index (χ3n) is 2.98. The molecule has 3 nitrogen and oxygen atoms in total. The minimum absolute atomic E-state index is 0.699. The molecule has 0 radical (unpaired) electrons. The molecule has 1 N–H and O–H groups in total. The summed E-state index contributed by atoms with van der Waals surface area (Å²) in [6, 6.07) is 8.13. The van der Waals surface area contributed by atoms with Crippen molar-refractivity contribution in [2.24, 2.45) is 0 Å². The van der Waals surface area contributed by atoms with E-state index in [2.05, 4.69) is 34.7 Å². The van der Waals surface area contributed by atoms with Crippen LogP contribution in [0.3, 0.4) is 0 Å². The number of hydrogen-bond acceptors (Lipinski definition) is 4. The molecule has 1 heterocycles. The van der Waals surface area contributed by atoms with E-state index in [1.165, 1.54) is 12.8 Å². The fourth-order valence-electron chi connectivity index (χ4n) is 1.90. The van der Waals surface area contributed by atoms with Gasteiger partial charge in [-0.05, 0) is 44.2 Å². The third-order valence-corrected chi connectivity index (χ3v) is 3.92. The lowest BCUT2D eigenvalue weighted by Gasteiger charge is -2.03. The van der Waals surface area contributed by atoms with E-state index in [1.54, 1.807) is 11.3 Å². The normalized spacial score (nSPS) is 10.7. The van der Waals surface area contributed by atoms with Crippen molar-refractivity contribution in [3.63, 3.8) is 0 Å². The number of thiazole rings is 1. The topological polar surface area (TPSA) is 34.1 Å². The molecule has 0 aliphatic heterocycles. The van der Waals surface area contributed by atoms with E-state index in [1.807, 2.05) is 19.1 Å². The minimum Gasteiger partial charge on any atom is -0.494 e. The number of benzene rings is 1. The van der Waals surface area contributed by atoms with Gasteiger partial charge < -0.3 is 10.1 Å². The molecule has 1 aromatic heterocycles. The van der Waals surface area contributed by atoms with Gasteiger partial charge in [0.1, 0.15) is 10.8 Å². The van der Waals surface area contributed by atoms with Crippen molar-refractivity contribution in [1.82, 2.24) is 10.3 Å². The number of ether oxygens (including phenoxy) is 1. The van der Waals surface area contributed by atoms with Gasteiger partial charge in [-0.3, -0.25) is 0 Å². The van der Waals surface area contributed by atoms with E-state index >= 15 is 0 Å². The summed E-state index contributed by atoms with van der Waals surface area (Å²) in [6.45, 7) is 6.81. The molecule has 0 fully saturated rings. The Kier molecular flexibility index (Phi) is 6.02. The fraction of sp³-hybridized carbons (Fsp3) is 0.438. The molecule has 0 aliphatic carbocycles. The first kappa shape index (κ1) is 15.0. The number of hydrogen-bond donors (Lipinski definition) is 1. The summed E-state index contributed by atoms with van der Waals surface area (Å²) in [5.41, 5.74) is 2.27. The first-order chi connectivity index (χ1) is 9.83. The zero-order valence-corrected chi connectivity index (χ0v) is 13.0. The van der Waals surface area contributed by atoms with Crippen molar-refractivity contribution < 1.29 is 4.74 Å². The van der Waals surface area contributed by atoms with Crippen molar-refractivity contribution in [3.8, 4) is 16.3 Å². The van der Waals surface area contributed by atoms with Crippen LogP contribution >= 0.6 is 11.3 Å². The average molecular weight is 290 g/mol. The number of nitrogens with zero attached hydrogens (tertiary/aromatic N) is 1. The molecule has 20 heavy (non-hydrogen) atoms. The van der Waals surface area contributed by atoms with Gasteiger partial charge in [0.15, 0.2) is 0 Å². The molecule has 108 valence electrons. The summed E-state index contributed by atoms with van der Waals surface area (Å²) in [5.74, 6) is 0.911. The molecule has 0 amide bonds. The van der Waals surface area contributed by atoms with Crippen molar-refractivity contribution in [2.45, 2.75) is 33.2 Å². The van der Waals surface area contributed by atoms with Crippen molar-refractivity contribution in [3.05, 3.63) is 35.3 Å². The second-order valence-electron chi connectivity index (χ2n) is 4.63. The molecule has 0 saturated heterocycles. The van der Waals surface area contributed by atoms with Crippen LogP contribution in [0, 0.1) is 0 Å². The summed E-state index contributed by atoms with van der Waals surface area (Å²) in [4.78, 5) is 4.67. The van der Waals surface area contributed by atoms with Gasteiger partial charge in [-0.2, -0.15) is 0 Å². The van der Waals surface area contributed by atoms with Crippen LogP contribution in [0.2, 0.25) is 0 Å². The largest absolute Gasteiger partial charge is 0.494 e. The van der Waals surface area contributed by atoms with Gasteiger partial charge in [-0.15, -0.1) is 11.3 Å². The van der Waals surface area contributed by atoms with E-state index in [4.69, 9.17) is 4.74 Å². The maximum atomic E-state index is 5.45. The molecule has 2 rings (SSSR count). The van der Waals surface area contributed by atoms with Gasteiger partial charge in [0.05, 0.1) is 12.3 Å². The molecule has 0 atom stereocenters. The zero-order valence-electron chi connectivity index (χ0n) is 12.2. The smallest absolute Gasteiger partial charge is 0.123 e. The number of rotatable bonds is 8. The lowest BCUT2D eigenvalue weighted by molar-refractivity contribution is 0.340. The molecule has 1 aromatic carbocycles. The minimum atomic E-state index is 0.699. The number of nitrogens with one attached hydrogen (secondary N) is 1. The Morgan fingerprint density at radius 3 is 2.70 bits per heavy atom. The first-order valence-corrected chi connectivity index (χ1v) is 8.09. The molecule has 0 unspecified atom stereocenters. The van der Waals surface area contributed by atoms with Crippen molar-refractivity contribution >= 4 is 11.3 Å². The average Bonchev–Trinajstić information content (AvgIpc) is 2.94. The van der Waals surface area contributed by atoms with Gasteiger partial charge >= 0.3 is 0 Å². The first-order valence-electron chi connectivity index (χ1n) is 7.21. The summed E-state index contributed by atoms with van der Waals surface area (Å²) >= 11 is 1.69. The SMILES string of the molecule is CCCCNCc1csc(-c2ccc(OCC)cc2)n1. The summed E-state index contributed by atoms with van der Waals surface area (Å²) < 4.78 is 5.45. The van der Waals surface area contributed by atoms with Crippen LogP contribution in [0.4, 0.5) is 0 Å². The second-order valence-corrected chi connectivity index (χ2v) is 5.49. The maximum absolute atomic E-state index is 5.45. The highest BCUT2D eigenvalue weighted by molar-refractivity contribution is 7.13. The van der Waals surface area contributed by atoms with Crippen molar-refractivity contribution in [1.29, 1.82) is 0 Å². The Morgan fingerprint density at radius 1 is 1.20 bits per heavy atom. The molecular formula is C16H22N2OS. The predicted molar refractivity (Wildman–Crippen MR) is 85.3 cm³/mol. The lowest BCUT2D eigenvalue weighted by Crippen LogP contribution is -2.14. The standard InChI is InChI=1S/C16H22N2OS/c1-3-5-10-17-11-14-12-20-16(18-14)13-6-8-15(9-7-13)19-4-2/h6-9,12,17H,3-5,10-11H2,1-2H3. The van der Waals surface area contributed by atoms with Crippen molar-refractivity contribution in [2.75, 3.05) is 13.2 Å². The van der Waals surface area contributed by atoms with E-state index in [0.29, 0.717) is 6.61 Å². The highest BCUT2D eigenvalue weighted by Crippen LogP contribution is 2.25. The van der Waals surface area contributed by atoms with Gasteiger partial charge in [-0.1, -0.05) is 13.3 Å². The Hall–Kier alpha value is -1.39. The van der Waals surface area contributed by atoms with E-state index in [9.17, 15) is 0 Å². The lowest BCUT2D eigenvalue weighted by atomic mass is 10.2. The Morgan fingerprint density at radius 2 is 2.00 bits per heavy atom. The highest BCUT2D eigenvalue weighted by Gasteiger charge is 2.04. The summed E-state index contributed by atoms with van der Waals surface area (Å²) in [6.07, 6.45) is 2.44. The van der Waals surface area contributed by atoms with Crippen LogP contribution in [0.5, 0.6) is 5.75 Å². The zero-order chi connectivity index (χ0) is 14.2. The van der Waals surface area contributed by atoms with Crippen LogP contribution < -0.4 is 10.1 Å². The van der Waals surface area contributed by atoms with Crippen LogP contribution in [0.15, 0.2) is 29.6 Å². The molecule has 0 bridgehead atoms. The van der Waals surface area contributed by atoms with Crippen LogP contribution in [0.1, 0.15) is 32.4 Å². The molecule has 2 aromatic rings. The molecular weight excluding hydrogens is 268 g/mol. The number of aromatic nitrogens is 1. The Labute approximate surface area is 125 Å². The summed E-state index contributed by atoms with van der Waals surface area (Å²) in [7, 11) is 0. The quantitative estimate of drug-likeness (QED) is 0.743. The fourth-order valence-corrected chi connectivity index (χ4v) is 2.73. The van der Waals surface area contributed by atoms with Gasteiger partial charge in [0.25, 0.3) is 0 Å². The highest BCUT2D eigenvalue weighted by atomic mass is 32.1. The predicted octanol–water partition coefficient (Wildman–Crippen LogP) is 4.10. The molecule has 0 aliphatic rings. The molecule has 4 heteroatoms. The monoisotopic (exact) mass is 290 g/mol. The van der Waals surface area contributed by atoms with E-state index in [0.717, 1.165) is 35.1 Å². The maximum Gasteiger partial charge on any atom is 0.123 e.